The first kappa shape index (κ1) is 13.4. The van der Waals surface area contributed by atoms with Gasteiger partial charge in [-0.05, 0) is 43.7 Å². The van der Waals surface area contributed by atoms with Crippen LogP contribution in [0, 0.1) is 5.92 Å². The number of hydrogen-bond acceptors (Lipinski definition) is 3. The maximum Gasteiger partial charge on any atom is 0.152 e. The Morgan fingerprint density at radius 3 is 2.75 bits per heavy atom. The summed E-state index contributed by atoms with van der Waals surface area (Å²) in [7, 11) is 2.17. The van der Waals surface area contributed by atoms with Crippen molar-refractivity contribution in [3.05, 3.63) is 30.1 Å². The highest BCUT2D eigenvalue weighted by molar-refractivity contribution is 5.56. The molecular weight excluding hydrogens is 248 g/mol. The monoisotopic (exact) mass is 272 g/mol. The molecule has 4 nitrogen and oxygen atoms in total. The molecule has 0 aliphatic heterocycles. The molecule has 0 amide bonds. The van der Waals surface area contributed by atoms with E-state index in [9.17, 15) is 0 Å². The average Bonchev–Trinajstić information content (AvgIpc) is 2.85. The lowest BCUT2D eigenvalue weighted by Gasteiger charge is -2.34. The van der Waals surface area contributed by atoms with Crippen LogP contribution in [0.5, 0.6) is 0 Å². The average molecular weight is 272 g/mol. The van der Waals surface area contributed by atoms with Crippen molar-refractivity contribution >= 4 is 11.5 Å². The molecule has 0 spiro atoms. The fourth-order valence-corrected chi connectivity index (χ4v) is 3.31. The summed E-state index contributed by atoms with van der Waals surface area (Å²) < 4.78 is 2.11. The molecule has 3 rings (SSSR count). The summed E-state index contributed by atoms with van der Waals surface area (Å²) in [6, 6.07) is 6.69. The molecule has 0 aromatic carbocycles. The Bertz CT molecular complexity index is 581. The first-order valence-electron chi connectivity index (χ1n) is 7.59. The third kappa shape index (κ3) is 2.29. The number of fused-ring (bicyclic) bond motifs is 1. The van der Waals surface area contributed by atoms with Gasteiger partial charge < -0.3 is 15.0 Å². The molecule has 0 unspecified atom stereocenters. The number of pyridine rings is 1. The first-order valence-corrected chi connectivity index (χ1v) is 7.59. The van der Waals surface area contributed by atoms with Crippen LogP contribution in [0.1, 0.15) is 38.3 Å². The number of nitrogens with two attached hydrogens (primary N) is 1. The first-order chi connectivity index (χ1) is 9.70. The molecule has 2 heterocycles. The van der Waals surface area contributed by atoms with E-state index in [-0.39, 0.29) is 0 Å². The molecule has 2 N–H and O–H groups in total. The Kier molecular flexibility index (Phi) is 3.66. The van der Waals surface area contributed by atoms with Gasteiger partial charge in [0.1, 0.15) is 5.65 Å². The highest BCUT2D eigenvalue weighted by Gasteiger charge is 2.25. The molecule has 2 aromatic heterocycles. The van der Waals surface area contributed by atoms with Gasteiger partial charge >= 0.3 is 0 Å². The van der Waals surface area contributed by atoms with Gasteiger partial charge in [0.2, 0.25) is 0 Å². The highest BCUT2D eigenvalue weighted by Crippen LogP contribution is 2.30. The van der Waals surface area contributed by atoms with Crippen LogP contribution in [0.4, 0.5) is 5.82 Å². The number of aromatic nitrogens is 2. The molecule has 20 heavy (non-hydrogen) atoms. The number of hydrogen-bond donors (Lipinski definition) is 1. The van der Waals surface area contributed by atoms with E-state index in [1.54, 1.807) is 0 Å². The van der Waals surface area contributed by atoms with Crippen molar-refractivity contribution in [3.63, 3.8) is 0 Å². The second-order valence-electron chi connectivity index (χ2n) is 6.04. The number of imidazole rings is 1. The van der Waals surface area contributed by atoms with E-state index in [1.165, 1.54) is 25.7 Å². The highest BCUT2D eigenvalue weighted by atomic mass is 15.2. The molecule has 0 radical (unpaired) electrons. The zero-order chi connectivity index (χ0) is 14.1. The van der Waals surface area contributed by atoms with E-state index < -0.39 is 0 Å². The lowest BCUT2D eigenvalue weighted by atomic mass is 9.87. The van der Waals surface area contributed by atoms with E-state index in [2.05, 4.69) is 23.3 Å². The van der Waals surface area contributed by atoms with Crippen molar-refractivity contribution in [2.75, 3.05) is 11.9 Å². The van der Waals surface area contributed by atoms with E-state index in [1.807, 2.05) is 24.4 Å². The maximum absolute atomic E-state index is 5.96. The summed E-state index contributed by atoms with van der Waals surface area (Å²) in [6.07, 6.45) is 7.20. The SMILES string of the molecule is CC1CCC(N(C)c2nc3ccccn3c2CN)CC1. The van der Waals surface area contributed by atoms with Gasteiger partial charge in [-0.2, -0.15) is 0 Å². The van der Waals surface area contributed by atoms with Crippen molar-refractivity contribution in [2.45, 2.75) is 45.2 Å². The minimum Gasteiger partial charge on any atom is -0.355 e. The van der Waals surface area contributed by atoms with Crippen molar-refractivity contribution in [1.82, 2.24) is 9.38 Å². The van der Waals surface area contributed by atoms with Gasteiger partial charge in [-0.15, -0.1) is 0 Å². The van der Waals surface area contributed by atoms with E-state index >= 15 is 0 Å². The maximum atomic E-state index is 5.96. The molecule has 0 saturated heterocycles. The van der Waals surface area contributed by atoms with Crippen molar-refractivity contribution in [1.29, 1.82) is 0 Å². The smallest absolute Gasteiger partial charge is 0.152 e. The molecule has 1 fully saturated rings. The molecule has 1 aliphatic carbocycles. The van der Waals surface area contributed by atoms with Crippen LogP contribution in [0.25, 0.3) is 5.65 Å². The van der Waals surface area contributed by atoms with Crippen LogP contribution < -0.4 is 10.6 Å². The van der Waals surface area contributed by atoms with Crippen molar-refractivity contribution in [3.8, 4) is 0 Å². The van der Waals surface area contributed by atoms with Gasteiger partial charge in [0, 0.05) is 25.8 Å². The third-order valence-corrected chi connectivity index (χ3v) is 4.67. The molecular formula is C16H24N4. The Morgan fingerprint density at radius 1 is 1.30 bits per heavy atom. The summed E-state index contributed by atoms with van der Waals surface area (Å²) in [4.78, 5) is 7.13. The van der Waals surface area contributed by atoms with Crippen LogP contribution in [-0.4, -0.2) is 22.5 Å². The fraction of sp³-hybridized carbons (Fsp3) is 0.562. The summed E-state index contributed by atoms with van der Waals surface area (Å²) in [5, 5.41) is 0. The van der Waals surface area contributed by atoms with Crippen molar-refractivity contribution < 1.29 is 0 Å². The van der Waals surface area contributed by atoms with Gasteiger partial charge in [0.15, 0.2) is 5.82 Å². The zero-order valence-corrected chi connectivity index (χ0v) is 12.4. The summed E-state index contributed by atoms with van der Waals surface area (Å²) in [5.74, 6) is 1.92. The molecule has 4 heteroatoms. The zero-order valence-electron chi connectivity index (χ0n) is 12.4. The van der Waals surface area contributed by atoms with E-state index in [4.69, 9.17) is 10.7 Å². The third-order valence-electron chi connectivity index (χ3n) is 4.67. The van der Waals surface area contributed by atoms with Gasteiger partial charge in [0.05, 0.1) is 5.69 Å². The van der Waals surface area contributed by atoms with Gasteiger partial charge in [-0.3, -0.25) is 0 Å². The minimum atomic E-state index is 0.522. The van der Waals surface area contributed by atoms with Crippen LogP contribution >= 0.6 is 0 Å². The quantitative estimate of drug-likeness (QED) is 0.934. The molecule has 0 atom stereocenters. The van der Waals surface area contributed by atoms with Gasteiger partial charge in [-0.1, -0.05) is 13.0 Å². The van der Waals surface area contributed by atoms with Crippen molar-refractivity contribution in [2.24, 2.45) is 11.7 Å². The van der Waals surface area contributed by atoms with E-state index in [0.717, 1.165) is 23.1 Å². The predicted octanol–water partition coefficient (Wildman–Crippen LogP) is 2.81. The Morgan fingerprint density at radius 2 is 2.05 bits per heavy atom. The molecule has 2 aromatic rings. The Balaban J connectivity index is 1.92. The number of rotatable bonds is 3. The molecule has 108 valence electrons. The minimum absolute atomic E-state index is 0.522. The summed E-state index contributed by atoms with van der Waals surface area (Å²) >= 11 is 0. The number of anilines is 1. The molecule has 1 saturated carbocycles. The second kappa shape index (κ2) is 5.44. The van der Waals surface area contributed by atoms with Gasteiger partial charge in [-0.25, -0.2) is 4.98 Å². The predicted molar refractivity (Wildman–Crippen MR) is 82.9 cm³/mol. The van der Waals surface area contributed by atoms with Crippen LogP contribution in [0.15, 0.2) is 24.4 Å². The Hall–Kier alpha value is -1.55. The topological polar surface area (TPSA) is 46.6 Å². The summed E-state index contributed by atoms with van der Waals surface area (Å²) in [5.41, 5.74) is 8.06. The van der Waals surface area contributed by atoms with Crippen LogP contribution in [0.3, 0.4) is 0 Å². The standard InChI is InChI=1S/C16H24N4/c1-12-6-8-13(9-7-12)19(2)16-14(11-17)20-10-4-3-5-15(20)18-16/h3-5,10,12-13H,6-9,11,17H2,1-2H3. The second-order valence-corrected chi connectivity index (χ2v) is 6.04. The van der Waals surface area contributed by atoms with Crippen LogP contribution in [0.2, 0.25) is 0 Å². The van der Waals surface area contributed by atoms with Crippen LogP contribution in [-0.2, 0) is 6.54 Å². The molecule has 0 bridgehead atoms. The Labute approximate surface area is 120 Å². The fourth-order valence-electron chi connectivity index (χ4n) is 3.31. The van der Waals surface area contributed by atoms with E-state index in [0.29, 0.717) is 12.6 Å². The lowest BCUT2D eigenvalue weighted by Crippen LogP contribution is -2.35. The normalized spacial score (nSPS) is 23.1. The lowest BCUT2D eigenvalue weighted by molar-refractivity contribution is 0.340. The summed E-state index contributed by atoms with van der Waals surface area (Å²) in [6.45, 7) is 2.88. The number of nitrogens with zero attached hydrogens (tertiary/aromatic N) is 3. The molecule has 1 aliphatic rings. The largest absolute Gasteiger partial charge is 0.355 e. The van der Waals surface area contributed by atoms with Gasteiger partial charge in [0.25, 0.3) is 0 Å².